The lowest BCUT2D eigenvalue weighted by atomic mass is 10.0. The lowest BCUT2D eigenvalue weighted by molar-refractivity contribution is 0.115. The molecule has 1 aromatic carbocycles. The number of hydrogen-bond donors (Lipinski definition) is 2. The molecule has 0 aromatic heterocycles. The Morgan fingerprint density at radius 2 is 2.06 bits per heavy atom. The maximum Gasteiger partial charge on any atom is 0.0693 e. The molecule has 3 heteroatoms. The van der Waals surface area contributed by atoms with Crippen molar-refractivity contribution in [3.8, 4) is 0 Å². The zero-order valence-electron chi connectivity index (χ0n) is 10.9. The van der Waals surface area contributed by atoms with E-state index in [1.807, 2.05) is 18.2 Å². The van der Waals surface area contributed by atoms with Crippen LogP contribution in [0.25, 0.3) is 0 Å². The summed E-state index contributed by atoms with van der Waals surface area (Å²) in [5.74, 6) is 0. The summed E-state index contributed by atoms with van der Waals surface area (Å²) in [6.07, 6.45) is 5.35. The third-order valence-electron chi connectivity index (χ3n) is 3.79. The Morgan fingerprint density at radius 3 is 2.83 bits per heavy atom. The van der Waals surface area contributed by atoms with Crippen LogP contribution in [0.1, 0.15) is 50.6 Å². The number of hydrogen-bond acceptors (Lipinski definition) is 2. The van der Waals surface area contributed by atoms with E-state index in [-0.39, 0.29) is 18.2 Å². The molecule has 18 heavy (non-hydrogen) atoms. The number of nitrogens with one attached hydrogen (secondary N) is 1. The van der Waals surface area contributed by atoms with E-state index in [1.54, 1.807) is 0 Å². The Bertz CT molecular complexity index is 383. The summed E-state index contributed by atoms with van der Waals surface area (Å²) >= 11 is 6.01. The highest BCUT2D eigenvalue weighted by Gasteiger charge is 2.23. The van der Waals surface area contributed by atoms with Crippen molar-refractivity contribution in [1.29, 1.82) is 0 Å². The molecule has 1 saturated carbocycles. The Morgan fingerprint density at radius 1 is 1.28 bits per heavy atom. The van der Waals surface area contributed by atoms with E-state index in [0.717, 1.165) is 24.3 Å². The van der Waals surface area contributed by atoms with Crippen LogP contribution in [0.4, 0.5) is 0 Å². The van der Waals surface area contributed by atoms with Crippen molar-refractivity contribution < 1.29 is 5.11 Å². The van der Waals surface area contributed by atoms with Gasteiger partial charge in [-0.15, -0.1) is 0 Å². The van der Waals surface area contributed by atoms with E-state index in [4.69, 9.17) is 11.6 Å². The van der Waals surface area contributed by atoms with E-state index in [0.29, 0.717) is 0 Å². The van der Waals surface area contributed by atoms with E-state index in [1.165, 1.54) is 18.4 Å². The first-order chi connectivity index (χ1) is 8.66. The highest BCUT2D eigenvalue weighted by Crippen LogP contribution is 2.22. The van der Waals surface area contributed by atoms with Gasteiger partial charge in [-0.05, 0) is 37.5 Å². The van der Waals surface area contributed by atoms with Crippen LogP contribution in [0, 0.1) is 0 Å². The molecular weight excluding hydrogens is 246 g/mol. The lowest BCUT2D eigenvalue weighted by Gasteiger charge is -2.26. The summed E-state index contributed by atoms with van der Waals surface area (Å²) < 4.78 is 0. The van der Waals surface area contributed by atoms with Crippen molar-refractivity contribution in [3.63, 3.8) is 0 Å². The minimum atomic E-state index is -0.214. The zero-order valence-corrected chi connectivity index (χ0v) is 11.7. The molecule has 100 valence electrons. The van der Waals surface area contributed by atoms with Gasteiger partial charge in [0.2, 0.25) is 0 Å². The summed E-state index contributed by atoms with van der Waals surface area (Å²) in [4.78, 5) is 0. The fourth-order valence-electron chi connectivity index (χ4n) is 2.68. The van der Waals surface area contributed by atoms with Gasteiger partial charge in [-0.1, -0.05) is 43.0 Å². The smallest absolute Gasteiger partial charge is 0.0693 e. The lowest BCUT2D eigenvalue weighted by Crippen LogP contribution is -2.40. The fraction of sp³-hybridized carbons (Fsp3) is 0.600. The van der Waals surface area contributed by atoms with E-state index < -0.39 is 0 Å². The number of aliphatic hydroxyl groups excluding tert-OH is 1. The quantitative estimate of drug-likeness (QED) is 0.819. The normalized spacial score (nSPS) is 26.6. The van der Waals surface area contributed by atoms with Crippen LogP contribution in [-0.2, 0) is 0 Å². The van der Waals surface area contributed by atoms with Gasteiger partial charge in [-0.25, -0.2) is 0 Å². The van der Waals surface area contributed by atoms with Crippen LogP contribution in [0.5, 0.6) is 0 Å². The molecule has 2 rings (SSSR count). The first-order valence-corrected chi connectivity index (χ1v) is 7.24. The van der Waals surface area contributed by atoms with E-state index in [9.17, 15) is 5.11 Å². The van der Waals surface area contributed by atoms with E-state index in [2.05, 4.69) is 18.3 Å². The Hall–Kier alpha value is -0.570. The first kappa shape index (κ1) is 13.9. The van der Waals surface area contributed by atoms with E-state index >= 15 is 0 Å². The standard InChI is InChI=1S/C15H22ClNO/c1-11(12-6-5-7-13(16)10-12)17-14-8-3-2-4-9-15(14)18/h5-7,10-11,14-15,17-18H,2-4,8-9H2,1H3/t11-,14?,15?/m0/s1. The Kier molecular flexibility index (Phi) is 5.04. The zero-order chi connectivity index (χ0) is 13.0. The Labute approximate surface area is 114 Å². The molecule has 1 aliphatic carbocycles. The highest BCUT2D eigenvalue weighted by atomic mass is 35.5. The van der Waals surface area contributed by atoms with Gasteiger partial charge in [0.05, 0.1) is 6.10 Å². The van der Waals surface area contributed by atoms with Crippen LogP contribution in [0.15, 0.2) is 24.3 Å². The topological polar surface area (TPSA) is 32.3 Å². The molecule has 0 saturated heterocycles. The molecule has 0 heterocycles. The third-order valence-corrected chi connectivity index (χ3v) is 4.03. The summed E-state index contributed by atoms with van der Waals surface area (Å²) in [5.41, 5.74) is 1.18. The molecule has 1 aliphatic rings. The fourth-order valence-corrected chi connectivity index (χ4v) is 2.87. The molecule has 2 N–H and O–H groups in total. The van der Waals surface area contributed by atoms with Crippen LogP contribution in [-0.4, -0.2) is 17.3 Å². The highest BCUT2D eigenvalue weighted by molar-refractivity contribution is 6.30. The van der Waals surface area contributed by atoms with Crippen molar-refractivity contribution in [2.24, 2.45) is 0 Å². The van der Waals surface area contributed by atoms with Gasteiger partial charge in [0.15, 0.2) is 0 Å². The molecule has 0 aliphatic heterocycles. The first-order valence-electron chi connectivity index (χ1n) is 6.86. The molecular formula is C15H22ClNO. The van der Waals surface area contributed by atoms with Crippen molar-refractivity contribution in [3.05, 3.63) is 34.9 Å². The van der Waals surface area contributed by atoms with Crippen LogP contribution >= 0.6 is 11.6 Å². The second-order valence-electron chi connectivity index (χ2n) is 5.26. The van der Waals surface area contributed by atoms with Crippen molar-refractivity contribution in [2.45, 2.75) is 57.2 Å². The van der Waals surface area contributed by atoms with Crippen molar-refractivity contribution in [1.82, 2.24) is 5.32 Å². The minimum Gasteiger partial charge on any atom is -0.392 e. The van der Waals surface area contributed by atoms with Crippen LogP contribution in [0.2, 0.25) is 5.02 Å². The predicted octanol–water partition coefficient (Wildman–Crippen LogP) is 3.68. The second-order valence-corrected chi connectivity index (χ2v) is 5.69. The third kappa shape index (κ3) is 3.71. The largest absolute Gasteiger partial charge is 0.392 e. The maximum atomic E-state index is 10.1. The minimum absolute atomic E-state index is 0.210. The summed E-state index contributed by atoms with van der Waals surface area (Å²) in [6.45, 7) is 2.13. The maximum absolute atomic E-state index is 10.1. The number of aliphatic hydroxyl groups is 1. The van der Waals surface area contributed by atoms with Gasteiger partial charge in [0.25, 0.3) is 0 Å². The second kappa shape index (κ2) is 6.55. The number of halogens is 1. The van der Waals surface area contributed by atoms with Crippen LogP contribution in [0.3, 0.4) is 0 Å². The molecule has 0 spiro atoms. The average molecular weight is 268 g/mol. The molecule has 0 radical (unpaired) electrons. The monoisotopic (exact) mass is 267 g/mol. The van der Waals surface area contributed by atoms with Crippen molar-refractivity contribution >= 4 is 11.6 Å². The summed E-state index contributed by atoms with van der Waals surface area (Å²) in [6, 6.07) is 8.36. The molecule has 2 unspecified atom stereocenters. The summed E-state index contributed by atoms with van der Waals surface area (Å²) in [7, 11) is 0. The number of rotatable bonds is 3. The molecule has 0 bridgehead atoms. The van der Waals surface area contributed by atoms with Gasteiger partial charge < -0.3 is 10.4 Å². The van der Waals surface area contributed by atoms with Gasteiger partial charge in [-0.3, -0.25) is 0 Å². The van der Waals surface area contributed by atoms with Gasteiger partial charge in [0.1, 0.15) is 0 Å². The van der Waals surface area contributed by atoms with Gasteiger partial charge in [-0.2, -0.15) is 0 Å². The molecule has 2 nitrogen and oxygen atoms in total. The molecule has 1 fully saturated rings. The predicted molar refractivity (Wildman–Crippen MR) is 75.9 cm³/mol. The van der Waals surface area contributed by atoms with Gasteiger partial charge >= 0.3 is 0 Å². The average Bonchev–Trinajstić information content (AvgIpc) is 2.55. The molecule has 1 aromatic rings. The summed E-state index contributed by atoms with van der Waals surface area (Å²) in [5, 5.41) is 14.4. The SMILES string of the molecule is C[C@H](NC1CCCCCC1O)c1cccc(Cl)c1. The Balaban J connectivity index is 1.99. The van der Waals surface area contributed by atoms with Gasteiger partial charge in [0, 0.05) is 17.1 Å². The van der Waals surface area contributed by atoms with Crippen LogP contribution < -0.4 is 5.32 Å². The molecule has 0 amide bonds. The molecule has 3 atom stereocenters. The number of benzene rings is 1. The van der Waals surface area contributed by atoms with Crippen molar-refractivity contribution in [2.75, 3.05) is 0 Å².